The van der Waals surface area contributed by atoms with E-state index in [9.17, 15) is 0 Å². The highest BCUT2D eigenvalue weighted by atomic mass is 15.1. The van der Waals surface area contributed by atoms with Gasteiger partial charge in [-0.05, 0) is 119 Å². The van der Waals surface area contributed by atoms with Gasteiger partial charge in [0.2, 0.25) is 0 Å². The maximum absolute atomic E-state index is 5.25. The molecule has 0 radical (unpaired) electrons. The van der Waals surface area contributed by atoms with E-state index in [-0.39, 0.29) is 0 Å². The summed E-state index contributed by atoms with van der Waals surface area (Å²) in [4.78, 5) is 9.97. The van der Waals surface area contributed by atoms with Gasteiger partial charge in [-0.3, -0.25) is 14.5 Å². The molecule has 5 heteroatoms. The molecule has 4 aliphatic rings. The second-order valence-electron chi connectivity index (χ2n) is 15.5. The highest BCUT2D eigenvalue weighted by Crippen LogP contribution is 2.59. The Morgan fingerprint density at radius 1 is 0.614 bits per heavy atom. The molecule has 0 saturated carbocycles. The first-order chi connectivity index (χ1) is 28.3. The predicted molar refractivity (Wildman–Crippen MR) is 234 cm³/mol. The largest absolute Gasteiger partial charge is 0.367 e. The van der Waals surface area contributed by atoms with Crippen molar-refractivity contribution in [2.45, 2.75) is 31.1 Å². The van der Waals surface area contributed by atoms with E-state index < -0.39 is 5.41 Å². The van der Waals surface area contributed by atoms with Crippen LogP contribution >= 0.6 is 0 Å². The molecule has 8 aromatic rings. The number of benzene rings is 4. The molecule has 3 aliphatic carbocycles. The average Bonchev–Trinajstić information content (AvgIpc) is 3.92. The molecule has 12 rings (SSSR count). The quantitative estimate of drug-likeness (QED) is 0.192. The maximum Gasteiger partial charge on any atom is 0.120 e. The summed E-state index contributed by atoms with van der Waals surface area (Å²) in [5.41, 5.74) is 19.0. The van der Waals surface area contributed by atoms with Gasteiger partial charge in [0.1, 0.15) is 5.82 Å². The highest BCUT2D eigenvalue weighted by Gasteiger charge is 2.49. The fraction of sp³-hybridized carbons (Fsp3) is 0.115. The van der Waals surface area contributed by atoms with Crippen molar-refractivity contribution >= 4 is 39.9 Å². The van der Waals surface area contributed by atoms with Gasteiger partial charge in [-0.15, -0.1) is 0 Å². The topological polar surface area (TPSA) is 47.7 Å². The van der Waals surface area contributed by atoms with Crippen LogP contribution in [0, 0.1) is 0 Å². The van der Waals surface area contributed by atoms with Gasteiger partial charge >= 0.3 is 0 Å². The van der Waals surface area contributed by atoms with Crippen molar-refractivity contribution in [3.63, 3.8) is 0 Å². The lowest BCUT2D eigenvalue weighted by molar-refractivity contribution is 0.724. The highest BCUT2D eigenvalue weighted by molar-refractivity contribution is 6.07. The zero-order valence-corrected chi connectivity index (χ0v) is 31.5. The Hall–Kier alpha value is -6.98. The molecular weight excluding hydrogens is 695 g/mol. The number of aromatic nitrogens is 4. The molecule has 0 fully saturated rings. The summed E-state index contributed by atoms with van der Waals surface area (Å²) in [5.74, 6) is 1.10. The maximum atomic E-state index is 5.25. The van der Waals surface area contributed by atoms with Crippen LogP contribution < -0.4 is 5.32 Å². The van der Waals surface area contributed by atoms with Crippen molar-refractivity contribution in [1.82, 2.24) is 19.1 Å². The fourth-order valence-corrected chi connectivity index (χ4v) is 10.2. The van der Waals surface area contributed by atoms with Crippen molar-refractivity contribution < 1.29 is 0 Å². The van der Waals surface area contributed by atoms with Gasteiger partial charge in [-0.25, -0.2) is 0 Å². The zero-order valence-electron chi connectivity index (χ0n) is 31.5. The number of nitrogens with one attached hydrogen (secondary N) is 1. The molecule has 272 valence electrons. The molecule has 0 spiro atoms. The van der Waals surface area contributed by atoms with Crippen LogP contribution in [0.3, 0.4) is 0 Å². The van der Waals surface area contributed by atoms with E-state index in [0.717, 1.165) is 66.0 Å². The third-order valence-electron chi connectivity index (χ3n) is 12.6. The van der Waals surface area contributed by atoms with E-state index in [1.807, 2.05) is 18.5 Å². The number of rotatable bonds is 5. The minimum absolute atomic E-state index is 0.479. The Kier molecular flexibility index (Phi) is 7.09. The van der Waals surface area contributed by atoms with Gasteiger partial charge < -0.3 is 9.88 Å². The molecule has 0 amide bonds. The van der Waals surface area contributed by atoms with E-state index in [2.05, 4.69) is 166 Å². The summed E-state index contributed by atoms with van der Waals surface area (Å²) in [6, 6.07) is 42.5. The SMILES string of the molecule is C1=CC(C2(c3ccccc3)c3ccc4c(c5c(n4-c4ccc(-c6ccc(-n7c8c(c9ncccc97)C=CCN8)cc6)cc4)C=CCC5)c3-c3cccnc32)=CCC1. The smallest absolute Gasteiger partial charge is 0.120 e. The van der Waals surface area contributed by atoms with Crippen molar-refractivity contribution in [2.24, 2.45) is 0 Å². The van der Waals surface area contributed by atoms with Crippen LogP contribution in [0.25, 0.3) is 67.7 Å². The molecule has 1 aliphatic heterocycles. The minimum Gasteiger partial charge on any atom is -0.367 e. The predicted octanol–water partition coefficient (Wildman–Crippen LogP) is 12.0. The third-order valence-corrected chi connectivity index (χ3v) is 12.6. The summed E-state index contributed by atoms with van der Waals surface area (Å²) in [6.45, 7) is 0.806. The lowest BCUT2D eigenvalue weighted by atomic mass is 9.67. The van der Waals surface area contributed by atoms with Crippen LogP contribution in [-0.2, 0) is 11.8 Å². The number of pyridine rings is 2. The van der Waals surface area contributed by atoms with Crippen LogP contribution in [-0.4, -0.2) is 25.6 Å². The van der Waals surface area contributed by atoms with Gasteiger partial charge in [0.15, 0.2) is 0 Å². The molecule has 1 unspecified atom stereocenters. The summed E-state index contributed by atoms with van der Waals surface area (Å²) >= 11 is 0. The number of aryl methyl sites for hydroxylation is 1. The lowest BCUT2D eigenvalue weighted by Gasteiger charge is -2.34. The summed E-state index contributed by atoms with van der Waals surface area (Å²) in [6.07, 6.45) is 24.2. The number of anilines is 1. The Morgan fingerprint density at radius 2 is 1.39 bits per heavy atom. The number of hydrogen-bond acceptors (Lipinski definition) is 3. The average molecular weight is 734 g/mol. The zero-order chi connectivity index (χ0) is 37.5. The number of nitrogens with zero attached hydrogens (tertiary/aromatic N) is 4. The van der Waals surface area contributed by atoms with E-state index in [1.54, 1.807) is 0 Å². The Labute approximate surface area is 331 Å². The van der Waals surface area contributed by atoms with E-state index in [1.165, 1.54) is 66.8 Å². The van der Waals surface area contributed by atoms with Crippen molar-refractivity contribution in [1.29, 1.82) is 0 Å². The first-order valence-electron chi connectivity index (χ1n) is 20.2. The standard InChI is InChI=1S/C52H39N5/c1-3-12-36(13-4-1)52(37-14-5-2-6-15-37)43-29-30-45-48(47(43)41-17-9-32-54-50(41)52)40-16-7-8-19-44(40)56(45)38-25-21-34(22-26-38)35-23-27-39(28-24-35)57-46-20-11-31-53-49(46)42-18-10-33-55-51(42)57/h1,3-5,8-15,17-32,55H,2,6-7,16,33H2. The van der Waals surface area contributed by atoms with Crippen LogP contribution in [0.5, 0.6) is 0 Å². The third kappa shape index (κ3) is 4.57. The van der Waals surface area contributed by atoms with Crippen LogP contribution in [0.15, 0.2) is 164 Å². The van der Waals surface area contributed by atoms with E-state index in [4.69, 9.17) is 9.97 Å². The summed E-state index contributed by atoms with van der Waals surface area (Å²) in [7, 11) is 0. The van der Waals surface area contributed by atoms with E-state index >= 15 is 0 Å². The molecule has 1 N–H and O–H groups in total. The molecule has 0 saturated heterocycles. The van der Waals surface area contributed by atoms with Crippen molar-refractivity contribution in [3.8, 4) is 33.6 Å². The molecule has 4 aromatic heterocycles. The first kappa shape index (κ1) is 32.3. The second-order valence-corrected chi connectivity index (χ2v) is 15.5. The van der Waals surface area contributed by atoms with Gasteiger partial charge in [-0.2, -0.15) is 0 Å². The Balaban J connectivity index is 0.988. The first-order valence-corrected chi connectivity index (χ1v) is 20.2. The summed E-state index contributed by atoms with van der Waals surface area (Å²) in [5, 5.41) is 4.95. The van der Waals surface area contributed by atoms with E-state index in [0.29, 0.717) is 0 Å². The van der Waals surface area contributed by atoms with Gasteiger partial charge in [-0.1, -0.05) is 103 Å². The molecular formula is C52H39N5. The number of allylic oxidation sites excluding steroid dienone is 5. The van der Waals surface area contributed by atoms with Crippen LogP contribution in [0.1, 0.15) is 52.9 Å². The van der Waals surface area contributed by atoms with Crippen LogP contribution in [0.4, 0.5) is 5.82 Å². The van der Waals surface area contributed by atoms with Gasteiger partial charge in [0, 0.05) is 52.5 Å². The van der Waals surface area contributed by atoms with Crippen LogP contribution in [0.2, 0.25) is 0 Å². The summed E-state index contributed by atoms with van der Waals surface area (Å²) < 4.78 is 4.78. The Morgan fingerprint density at radius 3 is 2.19 bits per heavy atom. The minimum atomic E-state index is -0.479. The molecule has 1 atom stereocenters. The monoisotopic (exact) mass is 733 g/mol. The molecule has 5 heterocycles. The van der Waals surface area contributed by atoms with Crippen molar-refractivity contribution in [2.75, 3.05) is 11.9 Å². The normalized spacial score (nSPS) is 17.6. The van der Waals surface area contributed by atoms with Gasteiger partial charge in [0.05, 0.1) is 27.7 Å². The second kappa shape index (κ2) is 12.5. The molecule has 0 bridgehead atoms. The Bertz CT molecular complexity index is 3040. The van der Waals surface area contributed by atoms with Gasteiger partial charge in [0.25, 0.3) is 0 Å². The number of fused-ring (bicyclic) bond motifs is 10. The molecule has 4 aromatic carbocycles. The molecule has 57 heavy (non-hydrogen) atoms. The lowest BCUT2D eigenvalue weighted by Crippen LogP contribution is -2.30. The van der Waals surface area contributed by atoms with Crippen molar-refractivity contribution in [3.05, 3.63) is 197 Å². The number of hydrogen-bond donors (Lipinski definition) is 1. The fourth-order valence-electron chi connectivity index (χ4n) is 10.2. The molecule has 5 nitrogen and oxygen atoms in total.